The average Bonchev–Trinajstić information content (AvgIpc) is 2.39. The molecular formula is C64H51Cl3F3N13O. The molecule has 84 heavy (non-hydrogen) atoms. The zero-order valence-electron chi connectivity index (χ0n) is 45.6. The molecule has 1 aliphatic rings. The summed E-state index contributed by atoms with van der Waals surface area (Å²) in [5, 5.41) is 43.5. The Labute approximate surface area is 496 Å². The van der Waals surface area contributed by atoms with Gasteiger partial charge in [-0.2, -0.15) is 28.5 Å². The van der Waals surface area contributed by atoms with E-state index in [9.17, 15) is 13.2 Å². The predicted molar refractivity (Wildman–Crippen MR) is 325 cm³/mol. The lowest BCUT2D eigenvalue weighted by Gasteiger charge is -2.26. The van der Waals surface area contributed by atoms with Gasteiger partial charge in [-0.1, -0.05) is 199 Å². The van der Waals surface area contributed by atoms with Crippen LogP contribution in [0, 0.1) is 11.8 Å². The average molecular weight is 1180 g/mol. The van der Waals surface area contributed by atoms with Crippen LogP contribution in [0.2, 0.25) is 15.1 Å². The van der Waals surface area contributed by atoms with Gasteiger partial charge in [-0.3, -0.25) is 4.90 Å². The van der Waals surface area contributed by atoms with Crippen molar-refractivity contribution in [2.75, 3.05) is 32.8 Å². The van der Waals surface area contributed by atoms with Gasteiger partial charge < -0.3 is 4.74 Å². The second kappa shape index (κ2) is 25.3. The fraction of sp³-hybridized carbons (Fsp3) is 0.172. The molecule has 1 aliphatic heterocycles. The maximum absolute atomic E-state index is 13.0. The lowest BCUT2D eigenvalue weighted by Crippen LogP contribution is -2.38. The van der Waals surface area contributed by atoms with Crippen LogP contribution < -0.4 is 0 Å². The monoisotopic (exact) mass is 1180 g/mol. The Bertz CT molecular complexity index is 4350. The van der Waals surface area contributed by atoms with E-state index in [2.05, 4.69) is 57.5 Å². The summed E-state index contributed by atoms with van der Waals surface area (Å²) in [6.07, 6.45) is -3.64. The summed E-state index contributed by atoms with van der Waals surface area (Å²) < 4.78 is 49.8. The number of hydrogen-bond acceptors (Lipinski definition) is 11. The van der Waals surface area contributed by atoms with Crippen molar-refractivity contribution in [1.82, 2.24) is 64.8 Å². The van der Waals surface area contributed by atoms with E-state index in [-0.39, 0.29) is 16.3 Å². The third kappa shape index (κ3) is 12.1. The molecule has 7 heterocycles. The number of alkyl halides is 3. The first-order valence-corrected chi connectivity index (χ1v) is 28.0. The molecule has 1 fully saturated rings. The minimum Gasteiger partial charge on any atom is -0.379 e. The number of nitrogens with zero attached hydrogens (tertiary/aromatic N) is 13. The molecular weight excluding hydrogens is 1130 g/mol. The number of aryl methyl sites for hydroxylation is 2. The molecule has 0 N–H and O–H groups in total. The molecule has 0 unspecified atom stereocenters. The largest absolute Gasteiger partial charge is 0.416 e. The van der Waals surface area contributed by atoms with Crippen molar-refractivity contribution in [3.05, 3.63) is 196 Å². The van der Waals surface area contributed by atoms with Crippen LogP contribution in [-0.4, -0.2) is 97.7 Å². The zero-order chi connectivity index (χ0) is 58.3. The molecule has 0 amide bonds. The van der Waals surface area contributed by atoms with Gasteiger partial charge in [-0.25, -0.2) is 14.0 Å². The van der Waals surface area contributed by atoms with Crippen LogP contribution in [0.25, 0.3) is 101 Å². The molecule has 12 aromatic rings. The van der Waals surface area contributed by atoms with Gasteiger partial charge >= 0.3 is 6.18 Å². The van der Waals surface area contributed by atoms with Crippen molar-refractivity contribution >= 4 is 67.9 Å². The standard InChI is InChI=1S/C23H22ClN5O.C22H17ClN4.C19H12ClF3N4/c24-20-19-21(17-7-3-1-4-8-17)27-29(12-11-28-13-15-30-16-14-28)23(19)26-25-22(20)18-9-5-2-6-10-18;1-3-4-9-15-10-8-13-17(14-15)20-18-19(23)21(16-11-6-5-7-12-16)24-25-22(18)27(2)26-20;1-27-18-14(16(26-27)11-6-3-2-4-7-11)15(20)17(24-25-18)12-8-5-9-13(10-12)19(21,22)23/h1-10H,11-16H2;5-8,10-14H,3H2,1-2H3;2-10H,1H3. The van der Waals surface area contributed by atoms with Crippen LogP contribution in [0.3, 0.4) is 0 Å². The summed E-state index contributed by atoms with van der Waals surface area (Å²) in [4.78, 5) is 2.38. The third-order valence-corrected chi connectivity index (χ3v) is 15.0. The van der Waals surface area contributed by atoms with E-state index in [1.807, 2.05) is 164 Å². The Kier molecular flexibility index (Phi) is 17.2. The molecule has 420 valence electrons. The predicted octanol–water partition coefficient (Wildman–Crippen LogP) is 14.6. The molecule has 6 aromatic carbocycles. The van der Waals surface area contributed by atoms with Gasteiger partial charge in [0.05, 0.1) is 56.5 Å². The molecule has 0 aliphatic carbocycles. The number of halogens is 6. The van der Waals surface area contributed by atoms with E-state index in [0.29, 0.717) is 49.5 Å². The second-order valence-corrected chi connectivity index (χ2v) is 20.6. The molecule has 0 radical (unpaired) electrons. The van der Waals surface area contributed by atoms with E-state index < -0.39 is 11.7 Å². The Hall–Kier alpha value is -8.89. The highest BCUT2D eigenvalue weighted by Gasteiger charge is 2.31. The van der Waals surface area contributed by atoms with Crippen LogP contribution in [0.4, 0.5) is 13.2 Å². The van der Waals surface area contributed by atoms with Gasteiger partial charge in [-0.05, 0) is 24.3 Å². The maximum atomic E-state index is 13.0. The number of fused-ring (bicyclic) bond motifs is 3. The van der Waals surface area contributed by atoms with Crippen LogP contribution in [0.5, 0.6) is 0 Å². The van der Waals surface area contributed by atoms with Crippen LogP contribution in [0.15, 0.2) is 170 Å². The lowest BCUT2D eigenvalue weighted by molar-refractivity contribution is -0.137. The fourth-order valence-electron chi connectivity index (χ4n) is 9.74. The van der Waals surface area contributed by atoms with Gasteiger partial charge in [0, 0.05) is 79.1 Å². The van der Waals surface area contributed by atoms with Crippen molar-refractivity contribution < 1.29 is 17.9 Å². The number of ether oxygens (including phenoxy) is 1. The molecule has 6 aromatic heterocycles. The molecule has 0 bridgehead atoms. The number of rotatable bonds is 9. The molecule has 0 atom stereocenters. The quantitative estimate of drug-likeness (QED) is 0.127. The summed E-state index contributed by atoms with van der Waals surface area (Å²) >= 11 is 20.3. The fourth-order valence-corrected chi connectivity index (χ4v) is 10.7. The van der Waals surface area contributed by atoms with Gasteiger partial charge in [0.1, 0.15) is 34.2 Å². The normalized spacial score (nSPS) is 12.6. The summed E-state index contributed by atoms with van der Waals surface area (Å²) in [6, 6.07) is 52.1. The molecule has 13 rings (SSSR count). The highest BCUT2D eigenvalue weighted by atomic mass is 35.5. The number of benzene rings is 6. The summed E-state index contributed by atoms with van der Waals surface area (Å²) in [7, 11) is 3.56. The van der Waals surface area contributed by atoms with Crippen molar-refractivity contribution in [2.24, 2.45) is 14.1 Å². The van der Waals surface area contributed by atoms with Crippen molar-refractivity contribution in [3.63, 3.8) is 0 Å². The van der Waals surface area contributed by atoms with Crippen LogP contribution in [0.1, 0.15) is 24.5 Å². The van der Waals surface area contributed by atoms with Crippen LogP contribution in [-0.2, 0) is 31.6 Å². The molecule has 20 heteroatoms. The van der Waals surface area contributed by atoms with Gasteiger partial charge in [-0.15, -0.1) is 30.6 Å². The van der Waals surface area contributed by atoms with Gasteiger partial charge in [0.2, 0.25) is 0 Å². The minimum atomic E-state index is -4.45. The topological polar surface area (TPSA) is 143 Å². The van der Waals surface area contributed by atoms with Crippen LogP contribution >= 0.6 is 34.8 Å². The highest BCUT2D eigenvalue weighted by molar-refractivity contribution is 6.39. The third-order valence-electron chi connectivity index (χ3n) is 13.9. The van der Waals surface area contributed by atoms with E-state index in [4.69, 9.17) is 44.6 Å². The zero-order valence-corrected chi connectivity index (χ0v) is 47.9. The van der Waals surface area contributed by atoms with Crippen molar-refractivity contribution in [1.29, 1.82) is 0 Å². The summed E-state index contributed by atoms with van der Waals surface area (Å²) in [5.41, 5.74) is 10.6. The summed E-state index contributed by atoms with van der Waals surface area (Å²) in [5.74, 6) is 6.27. The lowest BCUT2D eigenvalue weighted by atomic mass is 10.0. The minimum absolute atomic E-state index is 0.181. The van der Waals surface area contributed by atoms with Crippen molar-refractivity contribution in [3.8, 4) is 79.4 Å². The van der Waals surface area contributed by atoms with E-state index in [0.717, 1.165) is 113 Å². The number of aromatic nitrogens is 12. The molecule has 0 saturated carbocycles. The Balaban J connectivity index is 0.000000132. The summed E-state index contributed by atoms with van der Waals surface area (Å²) in [6.45, 7) is 7.08. The first-order valence-electron chi connectivity index (χ1n) is 26.8. The Morgan fingerprint density at radius 2 is 0.869 bits per heavy atom. The van der Waals surface area contributed by atoms with E-state index >= 15 is 0 Å². The Morgan fingerprint density at radius 1 is 0.464 bits per heavy atom. The van der Waals surface area contributed by atoms with Gasteiger partial charge in [0.25, 0.3) is 0 Å². The second-order valence-electron chi connectivity index (χ2n) is 19.4. The maximum Gasteiger partial charge on any atom is 0.416 e. The van der Waals surface area contributed by atoms with E-state index in [1.165, 1.54) is 12.1 Å². The SMILES string of the molecule is CCC#Cc1cccc(-c2nn(C)c3nnc(-c4ccccc4)c(Cl)c23)c1.Clc1c(-c2ccccc2)nnc2c1c(-c1ccccc1)nn2CCN1CCOCC1.Cn1nc(-c2ccccc2)c2c(Cl)c(-c3cccc(C(F)(F)F)c3)nnc21. The highest BCUT2D eigenvalue weighted by Crippen LogP contribution is 2.41. The molecule has 14 nitrogen and oxygen atoms in total. The number of morpholine rings is 1. The first kappa shape index (κ1) is 56.9. The smallest absolute Gasteiger partial charge is 0.379 e. The number of hydrogen-bond donors (Lipinski definition) is 0. The van der Waals surface area contributed by atoms with Crippen molar-refractivity contribution in [2.45, 2.75) is 26.1 Å². The Morgan fingerprint density at radius 3 is 1.36 bits per heavy atom. The molecule has 1 saturated heterocycles. The van der Waals surface area contributed by atoms with Gasteiger partial charge in [0.15, 0.2) is 16.9 Å². The molecule has 0 spiro atoms. The van der Waals surface area contributed by atoms with E-state index in [1.54, 1.807) is 16.4 Å². The first-order chi connectivity index (χ1) is 40.9.